The fourth-order valence-corrected chi connectivity index (χ4v) is 2.27. The summed E-state index contributed by atoms with van der Waals surface area (Å²) in [4.78, 5) is 24.1. The van der Waals surface area contributed by atoms with Crippen LogP contribution in [-0.2, 0) is 4.79 Å². The van der Waals surface area contributed by atoms with Gasteiger partial charge in [0.1, 0.15) is 5.75 Å². The van der Waals surface area contributed by atoms with E-state index in [2.05, 4.69) is 15.8 Å². The van der Waals surface area contributed by atoms with Gasteiger partial charge < -0.3 is 10.1 Å². The summed E-state index contributed by atoms with van der Waals surface area (Å²) in [5.41, 5.74) is 3.85. The van der Waals surface area contributed by atoms with Gasteiger partial charge >= 0.3 is 0 Å². The number of para-hydroxylation sites is 1. The van der Waals surface area contributed by atoms with Crippen LogP contribution in [0.2, 0.25) is 5.02 Å². The second-order valence-electron chi connectivity index (χ2n) is 5.22. The Labute approximate surface area is 150 Å². The molecule has 0 saturated carbocycles. The molecule has 7 heteroatoms. The largest absolute Gasteiger partial charge is 0.496 e. The Morgan fingerprint density at radius 2 is 1.92 bits per heavy atom. The van der Waals surface area contributed by atoms with E-state index in [9.17, 15) is 9.59 Å². The highest BCUT2D eigenvalue weighted by molar-refractivity contribution is 6.30. The van der Waals surface area contributed by atoms with Gasteiger partial charge in [-0.25, -0.2) is 5.43 Å². The molecule has 130 valence electrons. The average molecular weight is 360 g/mol. The topological polar surface area (TPSA) is 79.8 Å². The van der Waals surface area contributed by atoms with Crippen molar-refractivity contribution in [2.45, 2.75) is 13.3 Å². The summed E-state index contributed by atoms with van der Waals surface area (Å²) in [5, 5.41) is 7.20. The summed E-state index contributed by atoms with van der Waals surface area (Å²) in [7, 11) is 1.49. The van der Waals surface area contributed by atoms with Crippen LogP contribution in [0.3, 0.4) is 0 Å². The number of methoxy groups -OCH3 is 1. The molecule has 0 fully saturated rings. The lowest BCUT2D eigenvalue weighted by Crippen LogP contribution is -2.22. The lowest BCUT2D eigenvalue weighted by atomic mass is 10.2. The van der Waals surface area contributed by atoms with Gasteiger partial charge in [0, 0.05) is 16.4 Å². The van der Waals surface area contributed by atoms with E-state index >= 15 is 0 Å². The van der Waals surface area contributed by atoms with Crippen molar-refractivity contribution in [3.8, 4) is 5.75 Å². The lowest BCUT2D eigenvalue weighted by Gasteiger charge is -2.07. The van der Waals surface area contributed by atoms with E-state index in [0.29, 0.717) is 27.7 Å². The normalized spacial score (nSPS) is 10.9. The number of nitrogens with one attached hydrogen (secondary N) is 2. The van der Waals surface area contributed by atoms with Crippen LogP contribution < -0.4 is 15.5 Å². The highest BCUT2D eigenvalue weighted by Crippen LogP contribution is 2.17. The van der Waals surface area contributed by atoms with Crippen LogP contribution in [0.25, 0.3) is 0 Å². The molecule has 0 radical (unpaired) electrons. The molecule has 0 aromatic heterocycles. The number of carbonyl (C=O) groups is 2. The van der Waals surface area contributed by atoms with Crippen molar-refractivity contribution in [3.63, 3.8) is 0 Å². The third-order valence-corrected chi connectivity index (χ3v) is 3.46. The SMILES string of the molecule is COc1ccccc1C(=O)NN=C(C)CC(=O)Nc1cccc(Cl)c1. The van der Waals surface area contributed by atoms with Gasteiger partial charge in [0.15, 0.2) is 0 Å². The Kier molecular flexibility index (Phi) is 6.54. The first kappa shape index (κ1) is 18.5. The molecule has 0 heterocycles. The van der Waals surface area contributed by atoms with Crippen LogP contribution in [0.1, 0.15) is 23.7 Å². The molecule has 2 aromatic carbocycles. The molecule has 0 unspecified atom stereocenters. The Hall–Kier alpha value is -2.86. The van der Waals surface area contributed by atoms with Gasteiger partial charge in [-0.2, -0.15) is 5.10 Å². The molecule has 0 bridgehead atoms. The summed E-state index contributed by atoms with van der Waals surface area (Å²) in [5.74, 6) is -0.214. The smallest absolute Gasteiger partial charge is 0.275 e. The number of hydrogen-bond acceptors (Lipinski definition) is 4. The predicted octanol–water partition coefficient (Wildman–Crippen LogP) is 3.48. The zero-order valence-corrected chi connectivity index (χ0v) is 14.6. The summed E-state index contributed by atoms with van der Waals surface area (Å²) in [6.45, 7) is 1.65. The second-order valence-corrected chi connectivity index (χ2v) is 5.66. The minimum atomic E-state index is -0.410. The van der Waals surface area contributed by atoms with Crippen molar-refractivity contribution in [2.24, 2.45) is 5.10 Å². The minimum absolute atomic E-state index is 0.0404. The first-order chi connectivity index (χ1) is 12.0. The maximum absolute atomic E-state index is 12.1. The van der Waals surface area contributed by atoms with Crippen molar-refractivity contribution < 1.29 is 14.3 Å². The molecule has 2 rings (SSSR count). The van der Waals surface area contributed by atoms with Crippen molar-refractivity contribution in [1.29, 1.82) is 0 Å². The van der Waals surface area contributed by atoms with E-state index in [1.807, 2.05) is 0 Å². The molecule has 0 aliphatic rings. The number of nitrogens with zero attached hydrogens (tertiary/aromatic N) is 1. The van der Waals surface area contributed by atoms with E-state index in [1.54, 1.807) is 55.5 Å². The van der Waals surface area contributed by atoms with Crippen molar-refractivity contribution in [1.82, 2.24) is 5.43 Å². The van der Waals surface area contributed by atoms with E-state index in [4.69, 9.17) is 16.3 Å². The number of hydrazone groups is 1. The summed E-state index contributed by atoms with van der Waals surface area (Å²) in [6, 6.07) is 13.7. The zero-order valence-electron chi connectivity index (χ0n) is 13.9. The van der Waals surface area contributed by atoms with E-state index in [-0.39, 0.29) is 12.3 Å². The molecular formula is C18H18ClN3O3. The Morgan fingerprint density at radius 1 is 1.16 bits per heavy atom. The molecule has 0 spiro atoms. The number of halogens is 1. The highest BCUT2D eigenvalue weighted by Gasteiger charge is 2.11. The standard InChI is InChI=1S/C18H18ClN3O3/c1-12(10-17(23)20-14-7-5-6-13(19)11-14)21-22-18(24)15-8-3-4-9-16(15)25-2/h3-9,11H,10H2,1-2H3,(H,20,23)(H,22,24). The fourth-order valence-electron chi connectivity index (χ4n) is 2.08. The van der Waals surface area contributed by atoms with E-state index < -0.39 is 5.91 Å². The maximum atomic E-state index is 12.1. The van der Waals surface area contributed by atoms with E-state index in [0.717, 1.165) is 0 Å². The van der Waals surface area contributed by atoms with Crippen molar-refractivity contribution >= 4 is 34.8 Å². The first-order valence-electron chi connectivity index (χ1n) is 7.51. The number of ether oxygens (including phenoxy) is 1. The third-order valence-electron chi connectivity index (χ3n) is 3.22. The maximum Gasteiger partial charge on any atom is 0.275 e. The summed E-state index contributed by atoms with van der Waals surface area (Å²) < 4.78 is 5.13. The van der Waals surface area contributed by atoms with Gasteiger partial charge in [-0.15, -0.1) is 0 Å². The molecule has 6 nitrogen and oxygen atoms in total. The van der Waals surface area contributed by atoms with Crippen molar-refractivity contribution in [3.05, 3.63) is 59.1 Å². The minimum Gasteiger partial charge on any atom is -0.496 e. The average Bonchev–Trinajstić information content (AvgIpc) is 2.59. The van der Waals surface area contributed by atoms with Crippen LogP contribution in [0.15, 0.2) is 53.6 Å². The van der Waals surface area contributed by atoms with Crippen LogP contribution in [0.5, 0.6) is 5.75 Å². The molecule has 0 aliphatic carbocycles. The molecule has 0 atom stereocenters. The number of benzene rings is 2. The quantitative estimate of drug-likeness (QED) is 0.612. The predicted molar refractivity (Wildman–Crippen MR) is 98.3 cm³/mol. The van der Waals surface area contributed by atoms with Gasteiger partial charge in [-0.05, 0) is 37.3 Å². The first-order valence-corrected chi connectivity index (χ1v) is 7.89. The number of anilines is 1. The molecule has 0 saturated heterocycles. The van der Waals surface area contributed by atoms with Crippen LogP contribution in [-0.4, -0.2) is 24.6 Å². The fraction of sp³-hybridized carbons (Fsp3) is 0.167. The van der Waals surface area contributed by atoms with Crippen LogP contribution >= 0.6 is 11.6 Å². The summed E-state index contributed by atoms with van der Waals surface area (Å²) >= 11 is 5.87. The highest BCUT2D eigenvalue weighted by atomic mass is 35.5. The van der Waals surface area contributed by atoms with Gasteiger partial charge in [-0.1, -0.05) is 29.8 Å². The second kappa shape index (κ2) is 8.84. The number of carbonyl (C=O) groups excluding carboxylic acids is 2. The number of hydrogen-bond donors (Lipinski definition) is 2. The van der Waals surface area contributed by atoms with Gasteiger partial charge in [0.2, 0.25) is 5.91 Å². The van der Waals surface area contributed by atoms with Gasteiger partial charge in [-0.3, -0.25) is 9.59 Å². The lowest BCUT2D eigenvalue weighted by molar-refractivity contribution is -0.115. The van der Waals surface area contributed by atoms with Gasteiger partial charge in [0.05, 0.1) is 19.1 Å². The number of amides is 2. The molecule has 2 aromatic rings. The summed E-state index contributed by atoms with van der Waals surface area (Å²) in [6.07, 6.45) is 0.0404. The molecule has 0 aliphatic heterocycles. The third kappa shape index (κ3) is 5.61. The molecular weight excluding hydrogens is 342 g/mol. The monoisotopic (exact) mass is 359 g/mol. The van der Waals surface area contributed by atoms with E-state index in [1.165, 1.54) is 7.11 Å². The molecule has 25 heavy (non-hydrogen) atoms. The van der Waals surface area contributed by atoms with Crippen molar-refractivity contribution in [2.75, 3.05) is 12.4 Å². The zero-order chi connectivity index (χ0) is 18.2. The van der Waals surface area contributed by atoms with Crippen LogP contribution in [0, 0.1) is 0 Å². The van der Waals surface area contributed by atoms with Crippen LogP contribution in [0.4, 0.5) is 5.69 Å². The Balaban J connectivity index is 1.92. The molecule has 2 amide bonds. The Morgan fingerprint density at radius 3 is 2.64 bits per heavy atom. The van der Waals surface area contributed by atoms with Gasteiger partial charge in [0.25, 0.3) is 5.91 Å². The molecule has 2 N–H and O–H groups in total. The Bertz CT molecular complexity index is 806. The number of rotatable bonds is 6.